The Balaban J connectivity index is 1.60. The Kier molecular flexibility index (Phi) is 4.55. The quantitative estimate of drug-likeness (QED) is 0.492. The summed E-state index contributed by atoms with van der Waals surface area (Å²) in [5.41, 5.74) is 4.87. The highest BCUT2D eigenvalue weighted by molar-refractivity contribution is 6.31. The molecule has 156 valence electrons. The van der Waals surface area contributed by atoms with Crippen LogP contribution in [0.15, 0.2) is 42.5 Å². The molecule has 4 aromatic rings. The fourth-order valence-corrected chi connectivity index (χ4v) is 3.93. The summed E-state index contributed by atoms with van der Waals surface area (Å²) in [7, 11) is 0. The molecular weight excluding hydrogens is 416 g/mol. The van der Waals surface area contributed by atoms with Gasteiger partial charge in [0, 0.05) is 22.5 Å². The van der Waals surface area contributed by atoms with E-state index in [4.69, 9.17) is 21.1 Å². The van der Waals surface area contributed by atoms with Crippen LogP contribution < -0.4 is 14.8 Å². The molecule has 0 aliphatic carbocycles. The summed E-state index contributed by atoms with van der Waals surface area (Å²) >= 11 is 6.32. The van der Waals surface area contributed by atoms with E-state index in [0.717, 1.165) is 11.3 Å². The zero-order chi connectivity index (χ0) is 21.7. The predicted molar refractivity (Wildman–Crippen MR) is 119 cm³/mol. The molecule has 1 N–H and O–H groups in total. The summed E-state index contributed by atoms with van der Waals surface area (Å²) in [5, 5.41) is 8.97. The topological polar surface area (TPSA) is 78.3 Å². The third-order valence-electron chi connectivity index (χ3n) is 5.28. The number of aromatic nitrogens is 3. The molecule has 0 saturated carbocycles. The van der Waals surface area contributed by atoms with Gasteiger partial charge in [-0.2, -0.15) is 5.10 Å². The number of nitrogens with zero attached hydrogens (tertiary/aromatic N) is 3. The molecule has 1 aliphatic rings. The molecule has 5 rings (SSSR count). The molecule has 0 radical (unpaired) electrons. The van der Waals surface area contributed by atoms with Crippen molar-refractivity contribution in [2.24, 2.45) is 0 Å². The number of hydrogen-bond donors (Lipinski definition) is 1. The van der Waals surface area contributed by atoms with Crippen molar-refractivity contribution in [3.8, 4) is 17.2 Å². The average Bonchev–Trinajstić information content (AvgIpc) is 3.33. The highest BCUT2D eigenvalue weighted by Crippen LogP contribution is 2.35. The number of carbonyl (C=O) groups excluding carboxylic acids is 1. The predicted octanol–water partition coefficient (Wildman–Crippen LogP) is 4.98. The van der Waals surface area contributed by atoms with Crippen molar-refractivity contribution in [3.05, 3.63) is 70.0 Å². The first-order chi connectivity index (χ1) is 14.9. The van der Waals surface area contributed by atoms with E-state index in [-0.39, 0.29) is 12.7 Å². The van der Waals surface area contributed by atoms with Gasteiger partial charge in [-0.3, -0.25) is 4.79 Å². The standard InChI is InChI=1S/C23H19ClN4O3/c1-12-9-16(23(29)26-15-7-8-19-20(10-15)31-11-30-19)21-14(3)27-28(22(21)25-12)18-6-4-5-17(24)13(18)2/h4-10H,11H2,1-3H3,(H,26,29). The number of halogens is 1. The lowest BCUT2D eigenvalue weighted by molar-refractivity contribution is 0.102. The number of ether oxygens (including phenoxy) is 2. The SMILES string of the molecule is Cc1cc(C(=O)Nc2ccc3c(c2)OCO3)c2c(C)nn(-c3cccc(Cl)c3C)c2n1. The van der Waals surface area contributed by atoms with Crippen LogP contribution in [0, 0.1) is 20.8 Å². The van der Waals surface area contributed by atoms with Crippen LogP contribution in [0.3, 0.4) is 0 Å². The maximum Gasteiger partial charge on any atom is 0.256 e. The third kappa shape index (κ3) is 3.27. The van der Waals surface area contributed by atoms with Gasteiger partial charge in [0.25, 0.3) is 5.91 Å². The van der Waals surface area contributed by atoms with Crippen molar-refractivity contribution in [1.29, 1.82) is 0 Å². The molecule has 1 aliphatic heterocycles. The van der Waals surface area contributed by atoms with Gasteiger partial charge in [0.1, 0.15) is 0 Å². The molecule has 3 heterocycles. The molecule has 2 aromatic heterocycles. The highest BCUT2D eigenvalue weighted by Gasteiger charge is 2.21. The zero-order valence-corrected chi connectivity index (χ0v) is 17.9. The summed E-state index contributed by atoms with van der Waals surface area (Å²) in [6.07, 6.45) is 0. The van der Waals surface area contributed by atoms with Crippen LogP contribution in [0.2, 0.25) is 5.02 Å². The van der Waals surface area contributed by atoms with Crippen LogP contribution in [0.5, 0.6) is 11.5 Å². The highest BCUT2D eigenvalue weighted by atomic mass is 35.5. The van der Waals surface area contributed by atoms with Crippen LogP contribution >= 0.6 is 11.6 Å². The molecule has 0 fully saturated rings. The van der Waals surface area contributed by atoms with Gasteiger partial charge < -0.3 is 14.8 Å². The summed E-state index contributed by atoms with van der Waals surface area (Å²) in [6, 6.07) is 12.7. The molecular formula is C23H19ClN4O3. The molecule has 31 heavy (non-hydrogen) atoms. The molecule has 2 aromatic carbocycles. The average molecular weight is 435 g/mol. The Labute approximate surface area is 183 Å². The normalized spacial score (nSPS) is 12.4. The molecule has 0 unspecified atom stereocenters. The van der Waals surface area contributed by atoms with Crippen molar-refractivity contribution in [3.63, 3.8) is 0 Å². The lowest BCUT2D eigenvalue weighted by Crippen LogP contribution is -2.13. The Morgan fingerprint density at radius 1 is 1.10 bits per heavy atom. The van der Waals surface area contributed by atoms with Gasteiger partial charge in [0.2, 0.25) is 6.79 Å². The number of benzene rings is 2. The van der Waals surface area contributed by atoms with Crippen LogP contribution in [-0.2, 0) is 0 Å². The van der Waals surface area contributed by atoms with E-state index in [0.29, 0.717) is 50.2 Å². The van der Waals surface area contributed by atoms with Crippen molar-refractivity contribution in [1.82, 2.24) is 14.8 Å². The van der Waals surface area contributed by atoms with E-state index < -0.39 is 0 Å². The smallest absolute Gasteiger partial charge is 0.256 e. The number of amides is 1. The first kappa shape index (κ1) is 19.4. The summed E-state index contributed by atoms with van der Waals surface area (Å²) in [4.78, 5) is 17.9. The zero-order valence-electron chi connectivity index (χ0n) is 17.2. The molecule has 8 heteroatoms. The van der Waals surface area contributed by atoms with Gasteiger partial charge in [-0.05, 0) is 56.7 Å². The fraction of sp³-hybridized carbons (Fsp3) is 0.174. The maximum absolute atomic E-state index is 13.2. The van der Waals surface area contributed by atoms with Crippen LogP contribution in [0.4, 0.5) is 5.69 Å². The first-order valence-electron chi connectivity index (χ1n) is 9.76. The number of aryl methyl sites for hydroxylation is 2. The molecule has 0 spiro atoms. The van der Waals surface area contributed by atoms with Gasteiger partial charge in [0.05, 0.1) is 22.3 Å². The minimum absolute atomic E-state index is 0.179. The van der Waals surface area contributed by atoms with Gasteiger partial charge in [-0.25, -0.2) is 9.67 Å². The minimum Gasteiger partial charge on any atom is -0.454 e. The van der Waals surface area contributed by atoms with Crippen molar-refractivity contribution in [2.75, 3.05) is 12.1 Å². The van der Waals surface area contributed by atoms with E-state index in [1.54, 1.807) is 28.9 Å². The first-order valence-corrected chi connectivity index (χ1v) is 10.1. The minimum atomic E-state index is -0.250. The van der Waals surface area contributed by atoms with E-state index in [1.165, 1.54) is 0 Å². The Morgan fingerprint density at radius 3 is 2.74 bits per heavy atom. The van der Waals surface area contributed by atoms with Gasteiger partial charge in [0.15, 0.2) is 17.1 Å². The molecule has 0 saturated heterocycles. The Hall–Kier alpha value is -3.58. The van der Waals surface area contributed by atoms with E-state index in [9.17, 15) is 4.79 Å². The maximum atomic E-state index is 13.2. The van der Waals surface area contributed by atoms with Crippen LogP contribution in [0.25, 0.3) is 16.7 Å². The fourth-order valence-electron chi connectivity index (χ4n) is 3.76. The number of hydrogen-bond acceptors (Lipinski definition) is 5. The number of carbonyl (C=O) groups is 1. The van der Waals surface area contributed by atoms with Crippen molar-refractivity contribution >= 4 is 34.2 Å². The second-order valence-electron chi connectivity index (χ2n) is 7.41. The summed E-state index contributed by atoms with van der Waals surface area (Å²) in [6.45, 7) is 5.84. The summed E-state index contributed by atoms with van der Waals surface area (Å²) < 4.78 is 12.5. The Bertz CT molecular complexity index is 1360. The van der Waals surface area contributed by atoms with Gasteiger partial charge in [-0.15, -0.1) is 0 Å². The summed E-state index contributed by atoms with van der Waals surface area (Å²) in [5.74, 6) is 1.02. The lowest BCUT2D eigenvalue weighted by atomic mass is 10.1. The number of nitrogens with one attached hydrogen (secondary N) is 1. The van der Waals surface area contributed by atoms with Crippen LogP contribution in [-0.4, -0.2) is 27.5 Å². The van der Waals surface area contributed by atoms with Crippen LogP contribution in [0.1, 0.15) is 27.3 Å². The number of fused-ring (bicyclic) bond motifs is 2. The molecule has 0 atom stereocenters. The molecule has 7 nitrogen and oxygen atoms in total. The lowest BCUT2D eigenvalue weighted by Gasteiger charge is -2.10. The largest absolute Gasteiger partial charge is 0.454 e. The second-order valence-corrected chi connectivity index (χ2v) is 7.82. The van der Waals surface area contributed by atoms with Crippen molar-refractivity contribution in [2.45, 2.75) is 20.8 Å². The van der Waals surface area contributed by atoms with E-state index in [2.05, 4.69) is 15.4 Å². The monoisotopic (exact) mass is 434 g/mol. The molecule has 0 bridgehead atoms. The third-order valence-corrected chi connectivity index (χ3v) is 5.69. The van der Waals surface area contributed by atoms with Gasteiger partial charge in [-0.1, -0.05) is 17.7 Å². The van der Waals surface area contributed by atoms with E-state index >= 15 is 0 Å². The second kappa shape index (κ2) is 7.28. The van der Waals surface area contributed by atoms with E-state index in [1.807, 2.05) is 39.0 Å². The van der Waals surface area contributed by atoms with Gasteiger partial charge >= 0.3 is 0 Å². The number of rotatable bonds is 3. The number of anilines is 1. The molecule has 1 amide bonds. The Morgan fingerprint density at radius 2 is 1.90 bits per heavy atom. The van der Waals surface area contributed by atoms with Crippen molar-refractivity contribution < 1.29 is 14.3 Å². The number of pyridine rings is 1.